The molecule has 0 heterocycles. The van der Waals surface area contributed by atoms with E-state index in [2.05, 4.69) is 5.32 Å². The largest absolute Gasteiger partial charge is 0.356 e. The van der Waals surface area contributed by atoms with E-state index >= 15 is 0 Å². The number of halogens is 1. The van der Waals surface area contributed by atoms with Gasteiger partial charge in [0.25, 0.3) is 0 Å². The van der Waals surface area contributed by atoms with Gasteiger partial charge in [0.2, 0.25) is 5.91 Å². The molecule has 0 saturated heterocycles. The summed E-state index contributed by atoms with van der Waals surface area (Å²) in [5, 5.41) is 3.04. The molecule has 1 aliphatic carbocycles. The van der Waals surface area contributed by atoms with E-state index in [1.54, 1.807) is 0 Å². The summed E-state index contributed by atoms with van der Waals surface area (Å²) in [6, 6.07) is 0. The van der Waals surface area contributed by atoms with Gasteiger partial charge in [-0.05, 0) is 31.7 Å². The molecule has 1 saturated carbocycles. The second-order valence-electron chi connectivity index (χ2n) is 4.91. The van der Waals surface area contributed by atoms with Gasteiger partial charge in [-0.2, -0.15) is 0 Å². The molecular formula is C13H27ClN2O. The summed E-state index contributed by atoms with van der Waals surface area (Å²) in [6.45, 7) is 1.49. The predicted molar refractivity (Wildman–Crippen MR) is 74.4 cm³/mol. The van der Waals surface area contributed by atoms with Crippen molar-refractivity contribution in [3.63, 3.8) is 0 Å². The zero-order valence-electron chi connectivity index (χ0n) is 10.7. The van der Waals surface area contributed by atoms with Crippen molar-refractivity contribution in [2.24, 2.45) is 11.7 Å². The number of nitrogens with two attached hydrogens (primary N) is 1. The molecule has 0 atom stereocenters. The first-order valence-electron chi connectivity index (χ1n) is 6.79. The summed E-state index contributed by atoms with van der Waals surface area (Å²) >= 11 is 0. The molecule has 0 aliphatic heterocycles. The van der Waals surface area contributed by atoms with E-state index in [1.807, 2.05) is 0 Å². The molecule has 102 valence electrons. The lowest BCUT2D eigenvalue weighted by Crippen LogP contribution is -2.29. The number of amides is 1. The van der Waals surface area contributed by atoms with Gasteiger partial charge in [0.15, 0.2) is 0 Å². The number of nitrogens with one attached hydrogen (secondary N) is 1. The van der Waals surface area contributed by atoms with Crippen molar-refractivity contribution in [1.82, 2.24) is 5.32 Å². The van der Waals surface area contributed by atoms with E-state index in [-0.39, 0.29) is 18.3 Å². The van der Waals surface area contributed by atoms with Gasteiger partial charge < -0.3 is 11.1 Å². The van der Waals surface area contributed by atoms with E-state index in [1.165, 1.54) is 44.9 Å². The molecule has 0 spiro atoms. The topological polar surface area (TPSA) is 55.1 Å². The average molecular weight is 263 g/mol. The fourth-order valence-electron chi connectivity index (χ4n) is 2.35. The van der Waals surface area contributed by atoms with E-state index in [4.69, 9.17) is 5.73 Å². The molecule has 0 aromatic heterocycles. The van der Waals surface area contributed by atoms with Crippen LogP contribution in [0.1, 0.15) is 57.8 Å². The Kier molecular flexibility index (Phi) is 10.7. The van der Waals surface area contributed by atoms with Gasteiger partial charge in [-0.15, -0.1) is 12.4 Å². The van der Waals surface area contributed by atoms with Crippen LogP contribution in [0.25, 0.3) is 0 Å². The maximum Gasteiger partial charge on any atom is 0.220 e. The van der Waals surface area contributed by atoms with Crippen LogP contribution >= 0.6 is 12.4 Å². The number of carbonyl (C=O) groups excluding carboxylic acids is 1. The van der Waals surface area contributed by atoms with Crippen LogP contribution in [0.5, 0.6) is 0 Å². The molecule has 17 heavy (non-hydrogen) atoms. The van der Waals surface area contributed by atoms with Gasteiger partial charge in [0.1, 0.15) is 0 Å². The highest BCUT2D eigenvalue weighted by atomic mass is 35.5. The van der Waals surface area contributed by atoms with E-state index < -0.39 is 0 Å². The Morgan fingerprint density at radius 1 is 1.12 bits per heavy atom. The van der Waals surface area contributed by atoms with Gasteiger partial charge in [-0.25, -0.2) is 0 Å². The van der Waals surface area contributed by atoms with Crippen LogP contribution in [0, 0.1) is 5.92 Å². The Morgan fingerprint density at radius 2 is 1.71 bits per heavy atom. The van der Waals surface area contributed by atoms with Crippen molar-refractivity contribution >= 4 is 18.3 Å². The van der Waals surface area contributed by atoms with Crippen LogP contribution in [0.3, 0.4) is 0 Å². The molecule has 0 aromatic rings. The maximum absolute atomic E-state index is 11.4. The zero-order chi connectivity index (χ0) is 11.6. The summed E-state index contributed by atoms with van der Waals surface area (Å²) in [5.74, 6) is 0.884. The first-order chi connectivity index (χ1) is 7.83. The second kappa shape index (κ2) is 10.8. The van der Waals surface area contributed by atoms with Crippen LogP contribution in [0.2, 0.25) is 0 Å². The van der Waals surface area contributed by atoms with E-state index in [9.17, 15) is 4.79 Å². The van der Waals surface area contributed by atoms with E-state index in [0.29, 0.717) is 18.9 Å². The molecule has 0 radical (unpaired) electrons. The lowest BCUT2D eigenvalue weighted by atomic mass is 9.91. The highest BCUT2D eigenvalue weighted by Crippen LogP contribution is 2.21. The molecule has 0 aromatic carbocycles. The first-order valence-corrected chi connectivity index (χ1v) is 6.79. The summed E-state index contributed by atoms with van der Waals surface area (Å²) in [5.41, 5.74) is 5.37. The zero-order valence-corrected chi connectivity index (χ0v) is 11.6. The second-order valence-corrected chi connectivity index (χ2v) is 4.91. The smallest absolute Gasteiger partial charge is 0.220 e. The molecule has 3 nitrogen and oxygen atoms in total. The van der Waals surface area contributed by atoms with Crippen LogP contribution < -0.4 is 11.1 Å². The molecule has 0 bridgehead atoms. The third kappa shape index (κ3) is 8.44. The van der Waals surface area contributed by atoms with Crippen molar-refractivity contribution in [3.8, 4) is 0 Å². The van der Waals surface area contributed by atoms with Gasteiger partial charge in [0.05, 0.1) is 0 Å². The minimum atomic E-state index is 0. The van der Waals surface area contributed by atoms with Crippen molar-refractivity contribution in [2.75, 3.05) is 13.1 Å². The van der Waals surface area contributed by atoms with Crippen LogP contribution in [-0.2, 0) is 4.79 Å². The Balaban J connectivity index is 0.00000256. The maximum atomic E-state index is 11.4. The lowest BCUT2D eigenvalue weighted by molar-refractivity contribution is -0.121. The summed E-state index contributed by atoms with van der Waals surface area (Å²) in [4.78, 5) is 11.4. The number of hydrogen-bond acceptors (Lipinski definition) is 2. The van der Waals surface area contributed by atoms with Crippen LogP contribution in [-0.4, -0.2) is 19.0 Å². The molecule has 3 N–H and O–H groups in total. The van der Waals surface area contributed by atoms with Crippen LogP contribution in [0.4, 0.5) is 0 Å². The predicted octanol–water partition coefficient (Wildman–Crippen LogP) is 2.62. The SMILES string of the molecule is Cl.NCCCC(=O)NCC1CCCCCCC1. The average Bonchev–Trinajstić information content (AvgIpc) is 2.25. The minimum Gasteiger partial charge on any atom is -0.356 e. The van der Waals surface area contributed by atoms with E-state index in [0.717, 1.165) is 13.0 Å². The molecule has 1 amide bonds. The Hall–Kier alpha value is -0.280. The molecule has 1 fully saturated rings. The van der Waals surface area contributed by atoms with Gasteiger partial charge >= 0.3 is 0 Å². The summed E-state index contributed by atoms with van der Waals surface area (Å²) in [6.07, 6.45) is 10.8. The van der Waals surface area contributed by atoms with Crippen molar-refractivity contribution in [2.45, 2.75) is 57.8 Å². The summed E-state index contributed by atoms with van der Waals surface area (Å²) in [7, 11) is 0. The normalized spacial score (nSPS) is 17.7. The van der Waals surface area contributed by atoms with Crippen molar-refractivity contribution in [3.05, 3.63) is 0 Å². The number of rotatable bonds is 5. The van der Waals surface area contributed by atoms with Crippen molar-refractivity contribution in [1.29, 1.82) is 0 Å². The fraction of sp³-hybridized carbons (Fsp3) is 0.923. The molecule has 4 heteroatoms. The summed E-state index contributed by atoms with van der Waals surface area (Å²) < 4.78 is 0. The Morgan fingerprint density at radius 3 is 2.29 bits per heavy atom. The fourth-order valence-corrected chi connectivity index (χ4v) is 2.35. The van der Waals surface area contributed by atoms with Crippen molar-refractivity contribution < 1.29 is 4.79 Å². The molecule has 1 rings (SSSR count). The van der Waals surface area contributed by atoms with Crippen LogP contribution in [0.15, 0.2) is 0 Å². The first kappa shape index (κ1) is 16.7. The van der Waals surface area contributed by atoms with Gasteiger partial charge in [-0.1, -0.05) is 32.1 Å². The third-order valence-electron chi connectivity index (χ3n) is 3.42. The monoisotopic (exact) mass is 262 g/mol. The molecule has 0 unspecified atom stereocenters. The third-order valence-corrected chi connectivity index (χ3v) is 3.42. The highest BCUT2D eigenvalue weighted by Gasteiger charge is 2.12. The quantitative estimate of drug-likeness (QED) is 0.800. The van der Waals surface area contributed by atoms with Gasteiger partial charge in [0, 0.05) is 13.0 Å². The lowest BCUT2D eigenvalue weighted by Gasteiger charge is -2.19. The minimum absolute atomic E-state index is 0. The molecular weight excluding hydrogens is 236 g/mol. The Labute approximate surface area is 111 Å². The highest BCUT2D eigenvalue weighted by molar-refractivity contribution is 5.85. The number of hydrogen-bond donors (Lipinski definition) is 2. The molecule has 1 aliphatic rings. The Bertz CT molecular complexity index is 192. The number of carbonyl (C=O) groups is 1. The van der Waals surface area contributed by atoms with Gasteiger partial charge in [-0.3, -0.25) is 4.79 Å². The standard InChI is InChI=1S/C13H26N2O.ClH/c14-10-6-9-13(16)15-11-12-7-4-2-1-3-5-8-12;/h12H,1-11,14H2,(H,15,16);1H.